The Labute approximate surface area is 198 Å². The van der Waals surface area contributed by atoms with Crippen LogP contribution in [-0.2, 0) is 21.4 Å². The Morgan fingerprint density at radius 2 is 1.69 bits per heavy atom. The minimum absolute atomic E-state index is 0.00114. The number of sulfonamides is 1. The number of benzene rings is 3. The second-order valence-electron chi connectivity index (χ2n) is 8.12. The quantitative estimate of drug-likeness (QED) is 0.493. The zero-order valence-corrected chi connectivity index (χ0v) is 20.0. The van der Waals surface area contributed by atoms with Crippen LogP contribution in [0.25, 0.3) is 10.8 Å². The number of amides is 1. The molecule has 0 aromatic heterocycles. The number of fused-ring (bicyclic) bond motifs is 1. The molecule has 3 aromatic carbocycles. The van der Waals surface area contributed by atoms with Crippen LogP contribution < -0.4 is 0 Å². The molecule has 5 nitrogen and oxygen atoms in total. The molecule has 1 saturated heterocycles. The lowest BCUT2D eigenvalue weighted by Gasteiger charge is -2.32. The summed E-state index contributed by atoms with van der Waals surface area (Å²) in [6, 6.07) is 18.1. The van der Waals surface area contributed by atoms with E-state index in [9.17, 15) is 13.2 Å². The van der Waals surface area contributed by atoms with Crippen LogP contribution in [0.2, 0.25) is 10.0 Å². The summed E-state index contributed by atoms with van der Waals surface area (Å²) < 4.78 is 27.8. The number of carbonyl (C=O) groups is 1. The van der Waals surface area contributed by atoms with Gasteiger partial charge in [-0.1, -0.05) is 59.6 Å². The largest absolute Gasteiger partial charge is 0.341 e. The van der Waals surface area contributed by atoms with Gasteiger partial charge in [-0.2, -0.15) is 4.31 Å². The highest BCUT2D eigenvalue weighted by molar-refractivity contribution is 7.89. The fourth-order valence-electron chi connectivity index (χ4n) is 4.12. The molecular weight excluding hydrogens is 467 g/mol. The van der Waals surface area contributed by atoms with Crippen molar-refractivity contribution in [3.8, 4) is 0 Å². The van der Waals surface area contributed by atoms with Crippen molar-refractivity contribution >= 4 is 49.9 Å². The van der Waals surface area contributed by atoms with Crippen molar-refractivity contribution in [3.05, 3.63) is 76.3 Å². The molecule has 0 N–H and O–H groups in total. The van der Waals surface area contributed by atoms with E-state index in [0.717, 1.165) is 16.3 Å². The molecule has 0 unspecified atom stereocenters. The van der Waals surface area contributed by atoms with Gasteiger partial charge < -0.3 is 4.90 Å². The second-order valence-corrected chi connectivity index (χ2v) is 10.9. The van der Waals surface area contributed by atoms with Crippen molar-refractivity contribution in [2.24, 2.45) is 5.92 Å². The Hall–Kier alpha value is -2.12. The molecule has 0 aliphatic carbocycles. The highest BCUT2D eigenvalue weighted by atomic mass is 35.5. The predicted octanol–water partition coefficient (Wildman–Crippen LogP) is 5.21. The van der Waals surface area contributed by atoms with Crippen LogP contribution in [0, 0.1) is 5.92 Å². The Morgan fingerprint density at radius 1 is 1.00 bits per heavy atom. The summed E-state index contributed by atoms with van der Waals surface area (Å²) in [5.41, 5.74) is 0.822. The lowest BCUT2D eigenvalue weighted by Crippen LogP contribution is -2.43. The van der Waals surface area contributed by atoms with Gasteiger partial charge in [-0.05, 0) is 53.4 Å². The first kappa shape index (κ1) is 23.1. The molecule has 0 atom stereocenters. The van der Waals surface area contributed by atoms with Crippen molar-refractivity contribution in [1.29, 1.82) is 0 Å². The smallest absolute Gasteiger partial charge is 0.243 e. The van der Waals surface area contributed by atoms with Gasteiger partial charge in [0.15, 0.2) is 0 Å². The zero-order chi connectivity index (χ0) is 22.9. The monoisotopic (exact) mass is 490 g/mol. The van der Waals surface area contributed by atoms with Crippen molar-refractivity contribution in [1.82, 2.24) is 9.21 Å². The van der Waals surface area contributed by atoms with Crippen LogP contribution in [-0.4, -0.2) is 43.7 Å². The maximum atomic E-state index is 13.2. The second kappa shape index (κ2) is 9.40. The summed E-state index contributed by atoms with van der Waals surface area (Å²) in [4.78, 5) is 14.9. The van der Waals surface area contributed by atoms with Gasteiger partial charge in [0.05, 0.1) is 4.90 Å². The first-order valence-electron chi connectivity index (χ1n) is 10.4. The van der Waals surface area contributed by atoms with Gasteiger partial charge in [0.25, 0.3) is 0 Å². The predicted molar refractivity (Wildman–Crippen MR) is 128 cm³/mol. The van der Waals surface area contributed by atoms with Crippen molar-refractivity contribution in [3.63, 3.8) is 0 Å². The van der Waals surface area contributed by atoms with E-state index < -0.39 is 10.0 Å². The SMILES string of the molecule is CN(Cc1ccc(Cl)cc1Cl)C(=O)C1CCN(S(=O)(=O)c2ccc3ccccc3c2)CC1. The van der Waals surface area contributed by atoms with Gasteiger partial charge in [-0.15, -0.1) is 0 Å². The Morgan fingerprint density at radius 3 is 2.38 bits per heavy atom. The maximum absolute atomic E-state index is 13.2. The first-order chi connectivity index (χ1) is 15.3. The minimum atomic E-state index is -3.60. The van der Waals surface area contributed by atoms with E-state index in [0.29, 0.717) is 42.5 Å². The molecule has 1 fully saturated rings. The van der Waals surface area contributed by atoms with E-state index in [1.165, 1.54) is 4.31 Å². The molecule has 1 aliphatic heterocycles. The molecule has 32 heavy (non-hydrogen) atoms. The van der Waals surface area contributed by atoms with Crippen LogP contribution in [0.5, 0.6) is 0 Å². The van der Waals surface area contributed by atoms with E-state index in [2.05, 4.69) is 0 Å². The summed E-state index contributed by atoms with van der Waals surface area (Å²) in [6.45, 7) is 1.02. The van der Waals surface area contributed by atoms with E-state index in [1.807, 2.05) is 36.4 Å². The Kier molecular flexibility index (Phi) is 6.77. The topological polar surface area (TPSA) is 57.7 Å². The molecular formula is C24H24Cl2N2O3S. The van der Waals surface area contributed by atoms with E-state index in [4.69, 9.17) is 23.2 Å². The molecule has 0 saturated carbocycles. The fraction of sp³-hybridized carbons (Fsp3) is 0.292. The molecule has 0 bridgehead atoms. The number of carbonyl (C=O) groups excluding carboxylic acids is 1. The Balaban J connectivity index is 1.40. The summed E-state index contributed by atoms with van der Waals surface area (Å²) in [5.74, 6) is -0.215. The average Bonchev–Trinajstić information content (AvgIpc) is 2.80. The molecule has 8 heteroatoms. The maximum Gasteiger partial charge on any atom is 0.243 e. The van der Waals surface area contributed by atoms with Gasteiger partial charge in [0.2, 0.25) is 15.9 Å². The first-order valence-corrected chi connectivity index (χ1v) is 12.6. The summed E-state index contributed by atoms with van der Waals surface area (Å²) in [7, 11) is -1.86. The minimum Gasteiger partial charge on any atom is -0.341 e. The third kappa shape index (κ3) is 4.79. The van der Waals surface area contributed by atoms with Gasteiger partial charge in [0.1, 0.15) is 0 Å². The molecule has 0 spiro atoms. The standard InChI is InChI=1S/C24H24Cl2N2O3S/c1-27(16-20-6-8-21(25)15-23(20)26)24(29)18-10-12-28(13-11-18)32(30,31)22-9-7-17-4-2-3-5-19(17)14-22/h2-9,14-15,18H,10-13,16H2,1H3. The van der Waals surface area contributed by atoms with Gasteiger partial charge in [0, 0.05) is 42.6 Å². The molecule has 1 heterocycles. The normalized spacial score (nSPS) is 15.7. The lowest BCUT2D eigenvalue weighted by molar-refractivity contribution is -0.135. The number of hydrogen-bond acceptors (Lipinski definition) is 3. The van der Waals surface area contributed by atoms with Crippen molar-refractivity contribution in [2.75, 3.05) is 20.1 Å². The van der Waals surface area contributed by atoms with Crippen LogP contribution in [0.15, 0.2) is 65.6 Å². The van der Waals surface area contributed by atoms with Gasteiger partial charge in [-0.25, -0.2) is 8.42 Å². The summed E-state index contributed by atoms with van der Waals surface area (Å²) >= 11 is 12.2. The number of hydrogen-bond donors (Lipinski definition) is 0. The number of halogens is 2. The molecule has 1 aliphatic rings. The zero-order valence-electron chi connectivity index (χ0n) is 17.7. The molecule has 0 radical (unpaired) electrons. The fourth-order valence-corrected chi connectivity index (χ4v) is 6.09. The third-order valence-electron chi connectivity index (χ3n) is 5.96. The van der Waals surface area contributed by atoms with Crippen LogP contribution in [0.3, 0.4) is 0 Å². The van der Waals surface area contributed by atoms with Gasteiger partial charge in [-0.3, -0.25) is 4.79 Å². The third-order valence-corrected chi connectivity index (χ3v) is 8.44. The summed E-state index contributed by atoms with van der Waals surface area (Å²) in [5, 5.41) is 2.96. The molecule has 3 aromatic rings. The lowest BCUT2D eigenvalue weighted by atomic mass is 9.96. The van der Waals surface area contributed by atoms with E-state index in [-0.39, 0.29) is 16.7 Å². The molecule has 168 valence electrons. The summed E-state index contributed by atoms with van der Waals surface area (Å²) in [6.07, 6.45) is 0.981. The van der Waals surface area contributed by atoms with Crippen molar-refractivity contribution < 1.29 is 13.2 Å². The number of piperidine rings is 1. The highest BCUT2D eigenvalue weighted by Crippen LogP contribution is 2.28. The molecule has 4 rings (SSSR count). The van der Waals surface area contributed by atoms with Crippen LogP contribution in [0.4, 0.5) is 0 Å². The molecule has 1 amide bonds. The van der Waals surface area contributed by atoms with E-state index >= 15 is 0 Å². The highest BCUT2D eigenvalue weighted by Gasteiger charge is 2.33. The van der Waals surface area contributed by atoms with Gasteiger partial charge >= 0.3 is 0 Å². The van der Waals surface area contributed by atoms with Crippen molar-refractivity contribution in [2.45, 2.75) is 24.3 Å². The van der Waals surface area contributed by atoms with Crippen LogP contribution >= 0.6 is 23.2 Å². The van der Waals surface area contributed by atoms with Crippen LogP contribution in [0.1, 0.15) is 18.4 Å². The number of nitrogens with zero attached hydrogens (tertiary/aromatic N) is 2. The van der Waals surface area contributed by atoms with E-state index in [1.54, 1.807) is 36.2 Å². The average molecular weight is 491 g/mol. The number of rotatable bonds is 5. The Bertz CT molecular complexity index is 1260.